The van der Waals surface area contributed by atoms with Crippen LogP contribution in [0.2, 0.25) is 0 Å². The molecule has 79 heavy (non-hydrogen) atoms. The Morgan fingerprint density at radius 1 is 0.519 bits per heavy atom. The number of hydrogen-bond donors (Lipinski definition) is 0. The van der Waals surface area contributed by atoms with Crippen LogP contribution in [0.5, 0.6) is 11.5 Å². The molecule has 390 valence electrons. The summed E-state index contributed by atoms with van der Waals surface area (Å²) in [5.74, 6) is 1.79. The third-order valence-corrected chi connectivity index (χ3v) is 16.6. The summed E-state index contributed by atoms with van der Waals surface area (Å²) in [4.78, 5) is 9.99. The number of hydrogen-bond acceptors (Lipinski definition) is 5. The van der Waals surface area contributed by atoms with Gasteiger partial charge in [0.2, 0.25) is 0 Å². The second-order valence-electron chi connectivity index (χ2n) is 24.2. The van der Waals surface area contributed by atoms with Crippen molar-refractivity contribution < 1.29 is 8.85 Å². The van der Waals surface area contributed by atoms with E-state index in [1.165, 1.54) is 32.2 Å². The minimum Gasteiger partial charge on any atom is -0.457 e. The summed E-state index contributed by atoms with van der Waals surface area (Å²) < 4.78 is 40.9. The van der Waals surface area contributed by atoms with E-state index in [1.54, 1.807) is 11.3 Å². The van der Waals surface area contributed by atoms with Gasteiger partial charge in [0, 0.05) is 74.4 Å². The van der Waals surface area contributed by atoms with Crippen molar-refractivity contribution in [1.82, 2.24) is 9.55 Å². The molecule has 0 aliphatic carbocycles. The van der Waals surface area contributed by atoms with Crippen molar-refractivity contribution in [2.45, 2.75) is 79.5 Å². The Hall–Kier alpha value is -8.45. The summed E-state index contributed by atoms with van der Waals surface area (Å²) in [6, 6.07) is 72.7. The number of pyridine rings is 1. The van der Waals surface area contributed by atoms with Crippen molar-refractivity contribution in [3.05, 3.63) is 229 Å². The normalized spacial score (nSPS) is 13.8. The van der Waals surface area contributed by atoms with Crippen molar-refractivity contribution in [3.63, 3.8) is 0 Å². The molecule has 3 aromatic heterocycles. The maximum atomic E-state index is 9.84. The van der Waals surface area contributed by atoms with E-state index >= 15 is 0 Å². The second-order valence-corrected chi connectivity index (χ2v) is 25.2. The molecular formula is C73H66N4OS. The lowest BCUT2D eigenvalue weighted by atomic mass is 9.82. The summed E-state index contributed by atoms with van der Waals surface area (Å²) in [5.41, 5.74) is 14.0. The summed E-state index contributed by atoms with van der Waals surface area (Å²) in [6.07, 6.45) is -1.84. The summed E-state index contributed by atoms with van der Waals surface area (Å²) in [7, 11) is 0. The van der Waals surface area contributed by atoms with Gasteiger partial charge in [-0.3, -0.25) is 4.57 Å². The van der Waals surface area contributed by atoms with Crippen LogP contribution in [-0.2, 0) is 17.2 Å². The van der Waals surface area contributed by atoms with Gasteiger partial charge >= 0.3 is 0 Å². The summed E-state index contributed by atoms with van der Waals surface area (Å²) in [6.45, 7) is 19.8. The highest BCUT2D eigenvalue weighted by Gasteiger charge is 2.33. The molecule has 0 unspecified atom stereocenters. The van der Waals surface area contributed by atoms with E-state index in [1.807, 2.05) is 51.1 Å². The van der Waals surface area contributed by atoms with Crippen molar-refractivity contribution in [1.29, 1.82) is 0 Å². The Morgan fingerprint density at radius 3 is 1.80 bits per heavy atom. The van der Waals surface area contributed by atoms with Gasteiger partial charge in [0.15, 0.2) is 0 Å². The van der Waals surface area contributed by atoms with Crippen molar-refractivity contribution in [3.8, 4) is 50.7 Å². The predicted octanol–water partition coefficient (Wildman–Crippen LogP) is 20.8. The molecule has 0 radical (unpaired) electrons. The van der Waals surface area contributed by atoms with Crippen LogP contribution in [0.25, 0.3) is 81.2 Å². The molecule has 1 aliphatic rings. The van der Waals surface area contributed by atoms with E-state index in [9.17, 15) is 4.11 Å². The van der Waals surface area contributed by atoms with Crippen LogP contribution in [0.3, 0.4) is 0 Å². The zero-order valence-electron chi connectivity index (χ0n) is 49.4. The highest BCUT2D eigenvalue weighted by Crippen LogP contribution is 2.52. The van der Waals surface area contributed by atoms with Gasteiger partial charge in [-0.1, -0.05) is 190 Å². The number of para-hydroxylation sites is 2. The number of rotatable bonds is 9. The standard InChI is InChI=1S/C73H66N4OS/c1-71(2,3)44-50-39-67(74-45-61(50)49-31-33-51(34-32-49)72(4,5)6)77-64-38-37-57-56-27-16-19-30-66(56)79-70(57)68(64)58-36-35-55(43-65(58)77)78-54-26-20-25-53(42-54)75-46-76(63-29-18-17-28-62(63)75)69-59(47-21-12-10-13-22-47)40-52(73(7,8)9)41-60(69)48-23-14-11-15-24-48/h10-43,45H,44,46H2,1-9H3/i44D2,45D. The lowest BCUT2D eigenvalue weighted by Gasteiger charge is -2.30. The van der Waals surface area contributed by atoms with E-state index in [2.05, 4.69) is 232 Å². The maximum absolute atomic E-state index is 9.84. The molecule has 12 aromatic rings. The molecule has 5 nitrogen and oxygen atoms in total. The van der Waals surface area contributed by atoms with E-state index in [4.69, 9.17) is 9.72 Å². The van der Waals surface area contributed by atoms with Crippen molar-refractivity contribution >= 4 is 76.1 Å². The lowest BCUT2D eigenvalue weighted by Crippen LogP contribution is -2.25. The molecule has 0 amide bonds. The molecule has 9 aromatic carbocycles. The average molecular weight is 1050 g/mol. The smallest absolute Gasteiger partial charge is 0.137 e. The SMILES string of the molecule is [2H]c1nc(-n2c3cc(Oc4cccc(N5CN(c6c(-c7ccccc7)cc(C(C)(C)C)cc6-c6ccccc6)c6ccccc65)c4)ccc3c3c4sc5ccccc5c4ccc32)cc(C([2H])([2H])C(C)(C)C)c1-c1ccc(C(C)(C)C)cc1. The Morgan fingerprint density at radius 2 is 1.13 bits per heavy atom. The summed E-state index contributed by atoms with van der Waals surface area (Å²) in [5, 5.41) is 4.47. The zero-order valence-corrected chi connectivity index (χ0v) is 47.3. The number of aromatic nitrogens is 2. The van der Waals surface area contributed by atoms with Crippen molar-refractivity contribution in [2.24, 2.45) is 5.41 Å². The van der Waals surface area contributed by atoms with Crippen molar-refractivity contribution in [2.75, 3.05) is 16.5 Å². The van der Waals surface area contributed by atoms with Gasteiger partial charge in [0.25, 0.3) is 0 Å². The lowest BCUT2D eigenvalue weighted by molar-refractivity contribution is 0.411. The first-order chi connectivity index (χ1) is 39.2. The molecule has 0 N–H and O–H groups in total. The third kappa shape index (κ3) is 9.22. The van der Waals surface area contributed by atoms with Crippen LogP contribution < -0.4 is 14.5 Å². The third-order valence-electron chi connectivity index (χ3n) is 15.4. The van der Waals surface area contributed by atoms with E-state index in [0.29, 0.717) is 35.1 Å². The highest BCUT2D eigenvalue weighted by molar-refractivity contribution is 7.26. The molecule has 0 saturated carbocycles. The van der Waals surface area contributed by atoms with Gasteiger partial charge < -0.3 is 14.5 Å². The van der Waals surface area contributed by atoms with E-state index in [-0.39, 0.29) is 17.0 Å². The van der Waals surface area contributed by atoms with Gasteiger partial charge in [0.1, 0.15) is 24.0 Å². The molecule has 0 fully saturated rings. The van der Waals surface area contributed by atoms with Crippen LogP contribution in [0, 0.1) is 5.41 Å². The van der Waals surface area contributed by atoms with Crippen LogP contribution in [0.15, 0.2) is 212 Å². The number of nitrogens with zero attached hydrogens (tertiary/aromatic N) is 4. The zero-order chi connectivity index (χ0) is 57.0. The van der Waals surface area contributed by atoms with E-state index in [0.717, 1.165) is 71.5 Å². The molecule has 1 aliphatic heterocycles. The quantitative estimate of drug-likeness (QED) is 0.144. The fourth-order valence-electron chi connectivity index (χ4n) is 11.5. The minimum atomic E-state index is -1.85. The van der Waals surface area contributed by atoms with Crippen LogP contribution in [-0.4, -0.2) is 16.2 Å². The largest absolute Gasteiger partial charge is 0.457 e. The number of thiophene rings is 1. The molecule has 0 saturated heterocycles. The number of anilines is 4. The van der Waals surface area contributed by atoms with Gasteiger partial charge in [-0.05, 0) is 123 Å². The molecule has 6 heteroatoms. The van der Waals surface area contributed by atoms with Crippen LogP contribution in [0.1, 0.15) is 83.1 Å². The molecule has 0 atom stereocenters. The molecular weight excluding hydrogens is 981 g/mol. The minimum absolute atomic E-state index is 0.0165. The maximum Gasteiger partial charge on any atom is 0.137 e. The first-order valence-corrected chi connectivity index (χ1v) is 28.3. The topological polar surface area (TPSA) is 33.5 Å². The first kappa shape index (κ1) is 46.6. The Labute approximate surface area is 473 Å². The number of benzene rings is 9. The van der Waals surface area contributed by atoms with E-state index < -0.39 is 11.8 Å². The highest BCUT2D eigenvalue weighted by atomic mass is 32.1. The average Bonchev–Trinajstić information content (AvgIpc) is 2.62. The van der Waals surface area contributed by atoms with Gasteiger partial charge in [-0.25, -0.2) is 4.98 Å². The molecule has 0 spiro atoms. The monoisotopic (exact) mass is 1050 g/mol. The Bertz CT molecular complexity index is 4390. The van der Waals surface area contributed by atoms with Gasteiger partial charge in [-0.2, -0.15) is 0 Å². The second kappa shape index (κ2) is 19.2. The first-order valence-electron chi connectivity index (χ1n) is 29.0. The molecule has 13 rings (SSSR count). The Kier molecular flexibility index (Phi) is 11.3. The fraction of sp³-hybridized carbons (Fsp3) is 0.192. The van der Waals surface area contributed by atoms with Crippen LogP contribution in [0.4, 0.5) is 22.7 Å². The number of fused-ring (bicyclic) bond motifs is 8. The predicted molar refractivity (Wildman–Crippen MR) is 337 cm³/mol. The number of ether oxygens (including phenoxy) is 1. The molecule has 4 heterocycles. The van der Waals surface area contributed by atoms with Gasteiger partial charge in [0.05, 0.1) is 29.5 Å². The van der Waals surface area contributed by atoms with Crippen LogP contribution >= 0.6 is 11.3 Å². The van der Waals surface area contributed by atoms with Gasteiger partial charge in [-0.15, -0.1) is 11.3 Å². The summed E-state index contributed by atoms with van der Waals surface area (Å²) >= 11 is 1.78. The Balaban J connectivity index is 0.941. The molecule has 0 bridgehead atoms. The fourth-order valence-corrected chi connectivity index (χ4v) is 12.7.